The van der Waals surface area contributed by atoms with E-state index >= 15 is 0 Å². The van der Waals surface area contributed by atoms with Crippen molar-refractivity contribution < 1.29 is 14.0 Å². The molecule has 0 unspecified atom stereocenters. The van der Waals surface area contributed by atoms with Crippen molar-refractivity contribution in [3.8, 4) is 0 Å². The second kappa shape index (κ2) is 6.68. The van der Waals surface area contributed by atoms with Crippen LogP contribution in [0.2, 0.25) is 0 Å². The molecule has 3 heterocycles. The van der Waals surface area contributed by atoms with E-state index in [1.165, 1.54) is 12.1 Å². The maximum absolute atomic E-state index is 13.4. The number of nitrogens with one attached hydrogen (secondary N) is 2. The Balaban J connectivity index is 1.36. The number of piperidine rings is 1. The van der Waals surface area contributed by atoms with Gasteiger partial charge in [-0.15, -0.1) is 0 Å². The van der Waals surface area contributed by atoms with Gasteiger partial charge in [0.15, 0.2) is 5.78 Å². The quantitative estimate of drug-likeness (QED) is 0.849. The second-order valence-corrected chi connectivity index (χ2v) is 7.36. The Labute approximate surface area is 156 Å². The lowest BCUT2D eigenvalue weighted by Crippen LogP contribution is -2.55. The second-order valence-electron chi connectivity index (χ2n) is 7.36. The summed E-state index contributed by atoms with van der Waals surface area (Å²) in [6, 6.07) is 4.16. The minimum absolute atomic E-state index is 0.0438. The van der Waals surface area contributed by atoms with Gasteiger partial charge in [0, 0.05) is 61.7 Å². The number of carbonyl (C=O) groups excluding carboxylic acids is 2. The molecule has 2 amide bonds. The van der Waals surface area contributed by atoms with Gasteiger partial charge in [0.2, 0.25) is 0 Å². The SMILES string of the molecule is Cn1cc(CNC(=O)N2CCC3(CC2)CC(=O)c2cc(F)ccc2N3)cn1. The van der Waals surface area contributed by atoms with Gasteiger partial charge in [0.1, 0.15) is 5.82 Å². The molecule has 2 N–H and O–H groups in total. The third-order valence-electron chi connectivity index (χ3n) is 5.39. The fourth-order valence-corrected chi connectivity index (χ4v) is 3.88. The Morgan fingerprint density at radius 3 is 2.85 bits per heavy atom. The highest BCUT2D eigenvalue weighted by atomic mass is 19.1. The highest BCUT2D eigenvalue weighted by molar-refractivity contribution is 6.04. The Morgan fingerprint density at radius 1 is 1.37 bits per heavy atom. The average Bonchev–Trinajstić information content (AvgIpc) is 3.06. The summed E-state index contributed by atoms with van der Waals surface area (Å²) in [6.07, 6.45) is 5.27. The first kappa shape index (κ1) is 17.5. The van der Waals surface area contributed by atoms with Gasteiger partial charge in [0.25, 0.3) is 0 Å². The Kier molecular flexibility index (Phi) is 4.33. The fourth-order valence-electron chi connectivity index (χ4n) is 3.88. The topological polar surface area (TPSA) is 79.3 Å². The van der Waals surface area contributed by atoms with Crippen LogP contribution >= 0.6 is 0 Å². The molecule has 1 aromatic heterocycles. The van der Waals surface area contributed by atoms with Gasteiger partial charge >= 0.3 is 6.03 Å². The Hall–Kier alpha value is -2.90. The number of likely N-dealkylation sites (tertiary alicyclic amines) is 1. The number of Topliss-reactive ketones (excluding diaryl/α,β-unsaturated/α-hetero) is 1. The predicted octanol–water partition coefficient (Wildman–Crippen LogP) is 2.30. The highest BCUT2D eigenvalue weighted by Crippen LogP contribution is 2.37. The number of amides is 2. The number of aromatic nitrogens is 2. The van der Waals surface area contributed by atoms with Gasteiger partial charge in [-0.05, 0) is 31.0 Å². The molecule has 8 heteroatoms. The molecule has 27 heavy (non-hydrogen) atoms. The number of halogens is 1. The lowest BCUT2D eigenvalue weighted by molar-refractivity contribution is 0.0915. The van der Waals surface area contributed by atoms with E-state index in [2.05, 4.69) is 15.7 Å². The molecule has 0 aliphatic carbocycles. The van der Waals surface area contributed by atoms with E-state index in [0.29, 0.717) is 50.1 Å². The first-order valence-corrected chi connectivity index (χ1v) is 9.05. The van der Waals surface area contributed by atoms with Crippen LogP contribution < -0.4 is 10.6 Å². The number of rotatable bonds is 2. The Morgan fingerprint density at radius 2 is 2.15 bits per heavy atom. The lowest BCUT2D eigenvalue weighted by Gasteiger charge is -2.45. The molecular formula is C19H22FN5O2. The molecule has 1 spiro atoms. The van der Waals surface area contributed by atoms with Crippen molar-refractivity contribution in [1.82, 2.24) is 20.0 Å². The van der Waals surface area contributed by atoms with Gasteiger partial charge in [-0.25, -0.2) is 9.18 Å². The molecule has 2 aromatic rings. The maximum Gasteiger partial charge on any atom is 0.317 e. The van der Waals surface area contributed by atoms with E-state index in [0.717, 1.165) is 5.56 Å². The molecule has 7 nitrogen and oxygen atoms in total. The van der Waals surface area contributed by atoms with Crippen LogP contribution in [0.25, 0.3) is 0 Å². The molecule has 0 saturated carbocycles. The molecule has 1 fully saturated rings. The van der Waals surface area contributed by atoms with Crippen LogP contribution in [-0.2, 0) is 13.6 Å². The van der Waals surface area contributed by atoms with Crippen molar-refractivity contribution in [1.29, 1.82) is 0 Å². The zero-order valence-corrected chi connectivity index (χ0v) is 15.2. The minimum atomic E-state index is -0.403. The standard InChI is InChI=1S/C19H22FN5O2/c1-24-12-13(11-22-24)10-21-18(27)25-6-4-19(5-7-25)9-17(26)15-8-14(20)2-3-16(15)23-19/h2-3,8,11-12,23H,4-7,9-10H2,1H3,(H,21,27). The van der Waals surface area contributed by atoms with Gasteiger partial charge in [-0.3, -0.25) is 9.48 Å². The number of urea groups is 1. The molecular weight excluding hydrogens is 349 g/mol. The van der Waals surface area contributed by atoms with E-state index in [1.807, 2.05) is 13.2 Å². The van der Waals surface area contributed by atoms with E-state index in [1.54, 1.807) is 21.8 Å². The first-order valence-electron chi connectivity index (χ1n) is 9.05. The molecule has 2 aliphatic heterocycles. The van der Waals surface area contributed by atoms with E-state index in [9.17, 15) is 14.0 Å². The largest absolute Gasteiger partial charge is 0.378 e. The number of fused-ring (bicyclic) bond motifs is 1. The zero-order chi connectivity index (χ0) is 19.0. The molecule has 0 bridgehead atoms. The van der Waals surface area contributed by atoms with Crippen LogP contribution in [0.3, 0.4) is 0 Å². The molecule has 4 rings (SSSR count). The van der Waals surface area contributed by atoms with Crippen molar-refractivity contribution in [3.63, 3.8) is 0 Å². The average molecular weight is 371 g/mol. The van der Waals surface area contributed by atoms with Crippen LogP contribution in [0.4, 0.5) is 14.9 Å². The lowest BCUT2D eigenvalue weighted by atomic mass is 9.78. The Bertz CT molecular complexity index is 886. The summed E-state index contributed by atoms with van der Waals surface area (Å²) in [4.78, 5) is 26.7. The fraction of sp³-hybridized carbons (Fsp3) is 0.421. The van der Waals surface area contributed by atoms with Crippen molar-refractivity contribution >= 4 is 17.5 Å². The normalized spacial score (nSPS) is 18.1. The summed E-state index contributed by atoms with van der Waals surface area (Å²) < 4.78 is 15.1. The van der Waals surface area contributed by atoms with E-state index in [4.69, 9.17) is 0 Å². The van der Waals surface area contributed by atoms with Crippen LogP contribution in [0.5, 0.6) is 0 Å². The number of ketones is 1. The molecule has 0 radical (unpaired) electrons. The molecule has 1 saturated heterocycles. The van der Waals surface area contributed by atoms with Crippen LogP contribution in [0.15, 0.2) is 30.6 Å². The van der Waals surface area contributed by atoms with Crippen molar-refractivity contribution in [2.45, 2.75) is 31.3 Å². The van der Waals surface area contributed by atoms with E-state index < -0.39 is 5.82 Å². The van der Waals surface area contributed by atoms with E-state index in [-0.39, 0.29) is 17.4 Å². The molecule has 2 aliphatic rings. The van der Waals surface area contributed by atoms with Crippen LogP contribution in [0.1, 0.15) is 35.2 Å². The number of benzene rings is 1. The number of hydrogen-bond acceptors (Lipinski definition) is 4. The zero-order valence-electron chi connectivity index (χ0n) is 15.2. The van der Waals surface area contributed by atoms with Crippen molar-refractivity contribution in [2.24, 2.45) is 7.05 Å². The third-order valence-corrected chi connectivity index (χ3v) is 5.39. The van der Waals surface area contributed by atoms with Gasteiger partial charge in [-0.2, -0.15) is 5.10 Å². The summed E-state index contributed by atoms with van der Waals surface area (Å²) >= 11 is 0. The minimum Gasteiger partial charge on any atom is -0.378 e. The van der Waals surface area contributed by atoms with Crippen LogP contribution in [0, 0.1) is 5.82 Å². The number of nitrogens with zero attached hydrogens (tertiary/aromatic N) is 3. The van der Waals surface area contributed by atoms with Gasteiger partial charge in [0.05, 0.1) is 6.20 Å². The molecule has 1 aromatic carbocycles. The molecule has 142 valence electrons. The number of anilines is 1. The number of carbonyl (C=O) groups is 2. The van der Waals surface area contributed by atoms with Gasteiger partial charge in [-0.1, -0.05) is 0 Å². The van der Waals surface area contributed by atoms with Crippen molar-refractivity contribution in [2.75, 3.05) is 18.4 Å². The monoisotopic (exact) mass is 371 g/mol. The predicted molar refractivity (Wildman–Crippen MR) is 98.0 cm³/mol. The summed E-state index contributed by atoms with van der Waals surface area (Å²) in [6.45, 7) is 1.56. The summed E-state index contributed by atoms with van der Waals surface area (Å²) in [5.41, 5.74) is 1.68. The molecule has 0 atom stereocenters. The van der Waals surface area contributed by atoms with Crippen LogP contribution in [-0.4, -0.2) is 45.1 Å². The summed E-state index contributed by atoms with van der Waals surface area (Å²) in [7, 11) is 1.83. The summed E-state index contributed by atoms with van der Waals surface area (Å²) in [5.74, 6) is -0.447. The van der Waals surface area contributed by atoms with Gasteiger partial charge < -0.3 is 15.5 Å². The number of hydrogen-bond donors (Lipinski definition) is 2. The highest BCUT2D eigenvalue weighted by Gasteiger charge is 2.41. The third kappa shape index (κ3) is 3.51. The maximum atomic E-state index is 13.4. The number of aryl methyl sites for hydroxylation is 1. The summed E-state index contributed by atoms with van der Waals surface area (Å²) in [5, 5.41) is 10.4. The van der Waals surface area contributed by atoms with Crippen molar-refractivity contribution in [3.05, 3.63) is 47.5 Å². The first-order chi connectivity index (χ1) is 12.9. The smallest absolute Gasteiger partial charge is 0.317 e.